The number of carboxylic acids is 1. The summed E-state index contributed by atoms with van der Waals surface area (Å²) < 4.78 is 0. The Morgan fingerprint density at radius 1 is 1.26 bits per heavy atom. The van der Waals surface area contributed by atoms with Crippen LogP contribution in [0.4, 0.5) is 0 Å². The molecule has 0 saturated carbocycles. The van der Waals surface area contributed by atoms with Crippen molar-refractivity contribution < 1.29 is 14.7 Å². The topological polar surface area (TPSA) is 78.4 Å². The molecule has 0 spiro atoms. The van der Waals surface area contributed by atoms with Gasteiger partial charge in [-0.2, -0.15) is 0 Å². The zero-order valence-electron chi connectivity index (χ0n) is 10.5. The van der Waals surface area contributed by atoms with E-state index in [1.54, 1.807) is 18.2 Å². The summed E-state index contributed by atoms with van der Waals surface area (Å²) in [4.78, 5) is 22.2. The molecule has 0 aliphatic carbocycles. The van der Waals surface area contributed by atoms with E-state index in [1.165, 1.54) is 0 Å². The van der Waals surface area contributed by atoms with Crippen LogP contribution in [-0.4, -0.2) is 30.1 Å². The predicted octanol–water partition coefficient (Wildman–Crippen LogP) is 0.153. The molecule has 0 heterocycles. The monoisotopic (exact) mass is 260 g/mol. The lowest BCUT2D eigenvalue weighted by Gasteiger charge is -2.09. The Morgan fingerprint density at radius 2 is 1.95 bits per heavy atom. The Bertz CT molecular complexity index is 492. The van der Waals surface area contributed by atoms with Crippen molar-refractivity contribution in [3.8, 4) is 12.3 Å². The molecule has 19 heavy (non-hydrogen) atoms. The SMILES string of the molecule is C#CCNCC(=O)NCc1ccccc1CC(=O)O. The summed E-state index contributed by atoms with van der Waals surface area (Å²) in [6.45, 7) is 0.786. The van der Waals surface area contributed by atoms with Gasteiger partial charge < -0.3 is 10.4 Å². The van der Waals surface area contributed by atoms with Gasteiger partial charge in [-0.3, -0.25) is 14.9 Å². The second-order valence-electron chi connectivity index (χ2n) is 3.92. The number of benzene rings is 1. The van der Waals surface area contributed by atoms with Crippen molar-refractivity contribution in [3.05, 3.63) is 35.4 Å². The Hall–Kier alpha value is -2.32. The van der Waals surface area contributed by atoms with Crippen molar-refractivity contribution in [1.82, 2.24) is 10.6 Å². The second-order valence-corrected chi connectivity index (χ2v) is 3.92. The van der Waals surface area contributed by atoms with E-state index in [0.717, 1.165) is 5.56 Å². The highest BCUT2D eigenvalue weighted by Gasteiger charge is 2.07. The third-order valence-corrected chi connectivity index (χ3v) is 2.45. The van der Waals surface area contributed by atoms with Gasteiger partial charge in [0, 0.05) is 6.54 Å². The zero-order valence-corrected chi connectivity index (χ0v) is 10.5. The molecule has 100 valence electrons. The molecular formula is C14H16N2O3. The fourth-order valence-electron chi connectivity index (χ4n) is 1.57. The minimum absolute atomic E-state index is 0.0542. The van der Waals surface area contributed by atoms with E-state index in [2.05, 4.69) is 16.6 Å². The normalized spacial score (nSPS) is 9.63. The Kier molecular flexibility index (Phi) is 6.13. The number of aliphatic carboxylic acids is 1. The molecule has 0 bridgehead atoms. The quantitative estimate of drug-likeness (QED) is 0.482. The van der Waals surface area contributed by atoms with Gasteiger partial charge in [0.15, 0.2) is 0 Å². The first-order valence-corrected chi connectivity index (χ1v) is 5.83. The molecule has 1 aromatic carbocycles. The summed E-state index contributed by atoms with van der Waals surface area (Å²) in [5.41, 5.74) is 1.50. The van der Waals surface area contributed by atoms with Crippen LogP contribution < -0.4 is 10.6 Å². The lowest BCUT2D eigenvalue weighted by molar-refractivity contribution is -0.136. The molecule has 1 rings (SSSR count). The van der Waals surface area contributed by atoms with Gasteiger partial charge in [-0.1, -0.05) is 30.2 Å². The van der Waals surface area contributed by atoms with E-state index in [-0.39, 0.29) is 18.9 Å². The summed E-state index contributed by atoms with van der Waals surface area (Å²) in [6.07, 6.45) is 4.99. The van der Waals surface area contributed by atoms with E-state index in [0.29, 0.717) is 18.7 Å². The summed E-state index contributed by atoms with van der Waals surface area (Å²) in [6, 6.07) is 7.13. The minimum Gasteiger partial charge on any atom is -0.481 e. The largest absolute Gasteiger partial charge is 0.481 e. The Morgan fingerprint density at radius 3 is 2.58 bits per heavy atom. The van der Waals surface area contributed by atoms with Crippen LogP contribution in [0.5, 0.6) is 0 Å². The number of carbonyl (C=O) groups is 2. The number of nitrogens with one attached hydrogen (secondary N) is 2. The standard InChI is InChI=1S/C14H16N2O3/c1-2-7-15-10-13(17)16-9-12-6-4-3-5-11(12)8-14(18)19/h1,3-6,15H,7-10H2,(H,16,17)(H,18,19). The van der Waals surface area contributed by atoms with Crippen LogP contribution in [0, 0.1) is 12.3 Å². The molecule has 5 nitrogen and oxygen atoms in total. The third-order valence-electron chi connectivity index (χ3n) is 2.45. The lowest BCUT2D eigenvalue weighted by atomic mass is 10.0. The van der Waals surface area contributed by atoms with E-state index in [9.17, 15) is 9.59 Å². The number of terminal acetylenes is 1. The highest BCUT2D eigenvalue weighted by molar-refractivity contribution is 5.78. The maximum Gasteiger partial charge on any atom is 0.307 e. The predicted molar refractivity (Wildman–Crippen MR) is 71.3 cm³/mol. The summed E-state index contributed by atoms with van der Waals surface area (Å²) in [7, 11) is 0. The van der Waals surface area contributed by atoms with Gasteiger partial charge in [-0.05, 0) is 11.1 Å². The molecule has 0 atom stereocenters. The third kappa shape index (κ3) is 5.70. The molecule has 0 aromatic heterocycles. The van der Waals surface area contributed by atoms with E-state index < -0.39 is 5.97 Å². The molecule has 0 saturated heterocycles. The fourth-order valence-corrected chi connectivity index (χ4v) is 1.57. The van der Waals surface area contributed by atoms with Gasteiger partial charge in [0.05, 0.1) is 19.5 Å². The number of amides is 1. The van der Waals surface area contributed by atoms with Crippen LogP contribution in [0.1, 0.15) is 11.1 Å². The number of rotatable bonds is 7. The number of hydrogen-bond acceptors (Lipinski definition) is 3. The van der Waals surface area contributed by atoms with Crippen molar-refractivity contribution in [1.29, 1.82) is 0 Å². The fraction of sp³-hybridized carbons (Fsp3) is 0.286. The molecule has 0 unspecified atom stereocenters. The second kappa shape index (κ2) is 7.90. The summed E-state index contributed by atoms with van der Waals surface area (Å²) in [5, 5.41) is 14.3. The van der Waals surface area contributed by atoms with Crippen LogP contribution in [0.25, 0.3) is 0 Å². The first kappa shape index (κ1) is 14.7. The van der Waals surface area contributed by atoms with Crippen LogP contribution in [0.15, 0.2) is 24.3 Å². The smallest absolute Gasteiger partial charge is 0.307 e. The van der Waals surface area contributed by atoms with E-state index >= 15 is 0 Å². The molecule has 0 aliphatic heterocycles. The van der Waals surface area contributed by atoms with Crippen molar-refractivity contribution >= 4 is 11.9 Å². The van der Waals surface area contributed by atoms with Crippen molar-refractivity contribution in [3.63, 3.8) is 0 Å². The highest BCUT2D eigenvalue weighted by Crippen LogP contribution is 2.09. The molecule has 1 amide bonds. The minimum atomic E-state index is -0.894. The first-order chi connectivity index (χ1) is 9.13. The van der Waals surface area contributed by atoms with Gasteiger partial charge in [0.25, 0.3) is 0 Å². The highest BCUT2D eigenvalue weighted by atomic mass is 16.4. The van der Waals surface area contributed by atoms with Crippen LogP contribution in [0.2, 0.25) is 0 Å². The van der Waals surface area contributed by atoms with Gasteiger partial charge in [0.2, 0.25) is 5.91 Å². The van der Waals surface area contributed by atoms with Gasteiger partial charge in [-0.15, -0.1) is 6.42 Å². The average molecular weight is 260 g/mol. The van der Waals surface area contributed by atoms with Gasteiger partial charge in [-0.25, -0.2) is 0 Å². The zero-order chi connectivity index (χ0) is 14.1. The van der Waals surface area contributed by atoms with Crippen molar-refractivity contribution in [2.75, 3.05) is 13.1 Å². The number of carbonyl (C=O) groups excluding carboxylic acids is 1. The number of carboxylic acid groups (broad SMARTS) is 1. The van der Waals surface area contributed by atoms with Crippen molar-refractivity contribution in [2.45, 2.75) is 13.0 Å². The molecule has 5 heteroatoms. The van der Waals surface area contributed by atoms with Crippen LogP contribution >= 0.6 is 0 Å². The lowest BCUT2D eigenvalue weighted by Crippen LogP contribution is -2.33. The van der Waals surface area contributed by atoms with Crippen molar-refractivity contribution in [2.24, 2.45) is 0 Å². The Balaban J connectivity index is 2.51. The maximum atomic E-state index is 11.5. The molecule has 0 fully saturated rings. The first-order valence-electron chi connectivity index (χ1n) is 5.83. The molecule has 3 N–H and O–H groups in total. The van der Waals surface area contributed by atoms with Crippen LogP contribution in [-0.2, 0) is 22.6 Å². The van der Waals surface area contributed by atoms with Crippen LogP contribution in [0.3, 0.4) is 0 Å². The average Bonchev–Trinajstić information content (AvgIpc) is 2.37. The van der Waals surface area contributed by atoms with Gasteiger partial charge >= 0.3 is 5.97 Å². The molecular weight excluding hydrogens is 244 g/mol. The molecule has 1 aromatic rings. The Labute approximate surface area is 112 Å². The number of hydrogen-bond donors (Lipinski definition) is 3. The molecule has 0 aliphatic rings. The molecule has 0 radical (unpaired) electrons. The van der Waals surface area contributed by atoms with E-state index in [1.807, 2.05) is 6.07 Å². The summed E-state index contributed by atoms with van der Waals surface area (Å²) in [5.74, 6) is 1.30. The van der Waals surface area contributed by atoms with E-state index in [4.69, 9.17) is 11.5 Å². The maximum absolute atomic E-state index is 11.5. The van der Waals surface area contributed by atoms with Gasteiger partial charge in [0.1, 0.15) is 0 Å². The summed E-state index contributed by atoms with van der Waals surface area (Å²) >= 11 is 0.